The molecule has 17 heavy (non-hydrogen) atoms. The summed E-state index contributed by atoms with van der Waals surface area (Å²) in [7, 11) is 0. The number of aryl methyl sites for hydroxylation is 1. The summed E-state index contributed by atoms with van der Waals surface area (Å²) < 4.78 is 0. The molecule has 0 bridgehead atoms. The van der Waals surface area contributed by atoms with Crippen LogP contribution in [0.25, 0.3) is 0 Å². The number of hydrogen-bond acceptors (Lipinski definition) is 2. The maximum Gasteiger partial charge on any atom is 0.244 e. The normalized spacial score (nSPS) is 11.6. The second-order valence-corrected chi connectivity index (χ2v) is 3.96. The number of para-hydroxylation sites is 1. The smallest absolute Gasteiger partial charge is 0.244 e. The van der Waals surface area contributed by atoms with Crippen LogP contribution < -0.4 is 4.90 Å². The monoisotopic (exact) mass is 230 g/mol. The highest BCUT2D eigenvalue weighted by molar-refractivity contribution is 5.97. The van der Waals surface area contributed by atoms with Crippen LogP contribution in [-0.2, 0) is 4.79 Å². The fourth-order valence-electron chi connectivity index (χ4n) is 1.82. The minimum atomic E-state index is -0.547. The van der Waals surface area contributed by atoms with Gasteiger partial charge in [0.25, 0.3) is 0 Å². The van der Waals surface area contributed by atoms with Crippen molar-refractivity contribution in [2.24, 2.45) is 5.92 Å². The standard InChI is InChI=1S/C14H18N2O/c1-4-12(10-15)14(17)16(5-2)13-9-7-6-8-11(13)3/h6-9,12H,4-5H2,1-3H3. The molecule has 1 amide bonds. The summed E-state index contributed by atoms with van der Waals surface area (Å²) in [6, 6.07) is 9.80. The van der Waals surface area contributed by atoms with E-state index in [0.29, 0.717) is 13.0 Å². The number of carbonyl (C=O) groups is 1. The van der Waals surface area contributed by atoms with Gasteiger partial charge in [0.2, 0.25) is 5.91 Å². The summed E-state index contributed by atoms with van der Waals surface area (Å²) in [5.41, 5.74) is 1.95. The van der Waals surface area contributed by atoms with E-state index >= 15 is 0 Å². The highest BCUT2D eigenvalue weighted by Crippen LogP contribution is 2.21. The molecule has 0 aliphatic heterocycles. The quantitative estimate of drug-likeness (QED) is 0.798. The minimum absolute atomic E-state index is 0.105. The van der Waals surface area contributed by atoms with Crippen molar-refractivity contribution in [3.05, 3.63) is 29.8 Å². The molecule has 0 radical (unpaired) electrons. The number of nitrogens with zero attached hydrogens (tertiary/aromatic N) is 2. The number of benzene rings is 1. The molecule has 0 spiro atoms. The van der Waals surface area contributed by atoms with E-state index in [4.69, 9.17) is 5.26 Å². The number of carbonyl (C=O) groups excluding carboxylic acids is 1. The number of amides is 1. The lowest BCUT2D eigenvalue weighted by molar-refractivity contribution is -0.120. The van der Waals surface area contributed by atoms with Gasteiger partial charge in [-0.05, 0) is 31.9 Å². The first-order chi connectivity index (χ1) is 8.15. The van der Waals surface area contributed by atoms with Crippen molar-refractivity contribution < 1.29 is 4.79 Å². The zero-order valence-corrected chi connectivity index (χ0v) is 10.6. The van der Waals surface area contributed by atoms with Gasteiger partial charge in [0, 0.05) is 12.2 Å². The second-order valence-electron chi connectivity index (χ2n) is 3.96. The Morgan fingerprint density at radius 3 is 2.53 bits per heavy atom. The van der Waals surface area contributed by atoms with Crippen LogP contribution in [0.15, 0.2) is 24.3 Å². The van der Waals surface area contributed by atoms with Crippen molar-refractivity contribution in [1.82, 2.24) is 0 Å². The van der Waals surface area contributed by atoms with Crippen molar-refractivity contribution >= 4 is 11.6 Å². The first kappa shape index (κ1) is 13.2. The molecule has 0 aliphatic rings. The Morgan fingerprint density at radius 2 is 2.06 bits per heavy atom. The van der Waals surface area contributed by atoms with Gasteiger partial charge in [0.15, 0.2) is 0 Å². The molecule has 0 aromatic heterocycles. The average Bonchev–Trinajstić information content (AvgIpc) is 2.34. The largest absolute Gasteiger partial charge is 0.311 e. The van der Waals surface area contributed by atoms with E-state index < -0.39 is 5.92 Å². The first-order valence-electron chi connectivity index (χ1n) is 5.92. The molecule has 0 saturated carbocycles. The SMILES string of the molecule is CCC(C#N)C(=O)N(CC)c1ccccc1C. The molecular formula is C14H18N2O. The van der Waals surface area contributed by atoms with Crippen LogP contribution >= 0.6 is 0 Å². The van der Waals surface area contributed by atoms with E-state index in [9.17, 15) is 4.79 Å². The molecule has 1 atom stereocenters. The molecule has 0 saturated heterocycles. The molecule has 1 unspecified atom stereocenters. The second kappa shape index (κ2) is 6.05. The predicted molar refractivity (Wildman–Crippen MR) is 68.6 cm³/mol. The minimum Gasteiger partial charge on any atom is -0.311 e. The lowest BCUT2D eigenvalue weighted by Crippen LogP contribution is -2.35. The van der Waals surface area contributed by atoms with Crippen LogP contribution in [0.1, 0.15) is 25.8 Å². The Balaban J connectivity index is 3.05. The van der Waals surface area contributed by atoms with Gasteiger partial charge >= 0.3 is 0 Å². The number of anilines is 1. The van der Waals surface area contributed by atoms with Crippen molar-refractivity contribution in [3.63, 3.8) is 0 Å². The highest BCUT2D eigenvalue weighted by atomic mass is 16.2. The Bertz CT molecular complexity index is 434. The maximum absolute atomic E-state index is 12.2. The summed E-state index contributed by atoms with van der Waals surface area (Å²) >= 11 is 0. The number of hydrogen-bond donors (Lipinski definition) is 0. The summed E-state index contributed by atoms with van der Waals surface area (Å²) in [5, 5.41) is 8.96. The molecule has 1 rings (SSSR count). The topological polar surface area (TPSA) is 44.1 Å². The molecule has 1 aromatic carbocycles. The van der Waals surface area contributed by atoms with Gasteiger partial charge in [-0.3, -0.25) is 4.79 Å². The zero-order chi connectivity index (χ0) is 12.8. The molecular weight excluding hydrogens is 212 g/mol. The van der Waals surface area contributed by atoms with E-state index in [-0.39, 0.29) is 5.91 Å². The van der Waals surface area contributed by atoms with Crippen LogP contribution in [0.2, 0.25) is 0 Å². The molecule has 1 aromatic rings. The van der Waals surface area contributed by atoms with Gasteiger partial charge in [0.05, 0.1) is 6.07 Å². The van der Waals surface area contributed by atoms with Gasteiger partial charge in [-0.25, -0.2) is 0 Å². The third-order valence-electron chi connectivity index (χ3n) is 2.85. The van der Waals surface area contributed by atoms with Crippen LogP contribution in [0.5, 0.6) is 0 Å². The Morgan fingerprint density at radius 1 is 1.41 bits per heavy atom. The summed E-state index contributed by atoms with van der Waals surface area (Å²) in [6.45, 7) is 6.34. The van der Waals surface area contributed by atoms with Gasteiger partial charge in [0.1, 0.15) is 5.92 Å². The molecule has 0 heterocycles. The third-order valence-corrected chi connectivity index (χ3v) is 2.85. The van der Waals surface area contributed by atoms with Gasteiger partial charge < -0.3 is 4.90 Å². The van der Waals surface area contributed by atoms with Crippen molar-refractivity contribution in [3.8, 4) is 6.07 Å². The molecule has 90 valence electrons. The van der Waals surface area contributed by atoms with E-state index in [1.807, 2.05) is 45.0 Å². The molecule has 3 nitrogen and oxygen atoms in total. The Labute approximate surface area is 103 Å². The third kappa shape index (κ3) is 2.85. The molecule has 3 heteroatoms. The predicted octanol–water partition coefficient (Wildman–Crippen LogP) is 2.90. The van der Waals surface area contributed by atoms with Crippen LogP contribution in [0.3, 0.4) is 0 Å². The van der Waals surface area contributed by atoms with Gasteiger partial charge in [-0.1, -0.05) is 25.1 Å². The van der Waals surface area contributed by atoms with Crippen LogP contribution in [-0.4, -0.2) is 12.5 Å². The fraction of sp³-hybridized carbons (Fsp3) is 0.429. The zero-order valence-electron chi connectivity index (χ0n) is 10.6. The number of nitriles is 1. The van der Waals surface area contributed by atoms with Crippen LogP contribution in [0.4, 0.5) is 5.69 Å². The Kier molecular flexibility index (Phi) is 4.71. The first-order valence-corrected chi connectivity index (χ1v) is 5.92. The van der Waals surface area contributed by atoms with Gasteiger partial charge in [-0.15, -0.1) is 0 Å². The number of rotatable bonds is 4. The van der Waals surface area contributed by atoms with Crippen molar-refractivity contribution in [1.29, 1.82) is 5.26 Å². The molecule has 0 N–H and O–H groups in total. The van der Waals surface area contributed by atoms with Gasteiger partial charge in [-0.2, -0.15) is 5.26 Å². The fourth-order valence-corrected chi connectivity index (χ4v) is 1.82. The van der Waals surface area contributed by atoms with Crippen molar-refractivity contribution in [2.75, 3.05) is 11.4 Å². The van der Waals surface area contributed by atoms with Crippen molar-refractivity contribution in [2.45, 2.75) is 27.2 Å². The van der Waals surface area contributed by atoms with E-state index in [0.717, 1.165) is 11.3 Å². The maximum atomic E-state index is 12.2. The lowest BCUT2D eigenvalue weighted by Gasteiger charge is -2.24. The van der Waals surface area contributed by atoms with E-state index in [2.05, 4.69) is 6.07 Å². The van der Waals surface area contributed by atoms with Crippen LogP contribution in [0, 0.1) is 24.2 Å². The Hall–Kier alpha value is -1.82. The highest BCUT2D eigenvalue weighted by Gasteiger charge is 2.23. The van der Waals surface area contributed by atoms with E-state index in [1.54, 1.807) is 4.90 Å². The molecule has 0 fully saturated rings. The summed E-state index contributed by atoms with van der Waals surface area (Å²) in [5.74, 6) is -0.652. The van der Waals surface area contributed by atoms with E-state index in [1.165, 1.54) is 0 Å². The summed E-state index contributed by atoms with van der Waals surface area (Å²) in [6.07, 6.45) is 0.553. The molecule has 0 aliphatic carbocycles. The summed E-state index contributed by atoms with van der Waals surface area (Å²) in [4.78, 5) is 13.9. The average molecular weight is 230 g/mol. The lowest BCUT2D eigenvalue weighted by atomic mass is 10.1.